The van der Waals surface area contributed by atoms with Gasteiger partial charge in [-0.15, -0.1) is 0 Å². The highest BCUT2D eigenvalue weighted by Crippen LogP contribution is 2.46. The number of alkyl halides is 3. The first-order chi connectivity index (χ1) is 17.5. The van der Waals surface area contributed by atoms with Crippen LogP contribution in [0, 0.1) is 16.0 Å². The number of rotatable bonds is 6. The molecule has 1 aliphatic heterocycles. The number of nitrogens with zero attached hydrogens (tertiary/aromatic N) is 1. The molecule has 0 bridgehead atoms. The van der Waals surface area contributed by atoms with Gasteiger partial charge >= 0.3 is 17.8 Å². The number of ether oxygens (including phenoxy) is 2. The lowest BCUT2D eigenvalue weighted by atomic mass is 9.71. The SMILES string of the molecule is C=C1NC2=C(C(=O)CCC2)C(c2ccc(OCc3cccc(C(F)(F)F)c3)c([N+](=O)[O-])c2)C1C(=O)OC. The second kappa shape index (κ2) is 10.1. The van der Waals surface area contributed by atoms with E-state index in [1.54, 1.807) is 0 Å². The van der Waals surface area contributed by atoms with Crippen molar-refractivity contribution in [1.82, 2.24) is 5.32 Å². The second-order valence-electron chi connectivity index (χ2n) is 8.77. The number of esters is 1. The molecule has 2 aromatic carbocycles. The summed E-state index contributed by atoms with van der Waals surface area (Å²) in [7, 11) is 1.20. The molecule has 1 aliphatic carbocycles. The molecule has 0 fully saturated rings. The van der Waals surface area contributed by atoms with Crippen molar-refractivity contribution in [3.63, 3.8) is 0 Å². The van der Waals surface area contributed by atoms with Gasteiger partial charge < -0.3 is 14.8 Å². The molecule has 2 aliphatic rings. The van der Waals surface area contributed by atoms with Gasteiger partial charge in [0.1, 0.15) is 12.5 Å². The number of allylic oxidation sites excluding steroid dienone is 2. The minimum atomic E-state index is -4.54. The number of hydrogen-bond donors (Lipinski definition) is 1. The normalized spacial score (nSPS) is 19.7. The molecule has 2 atom stereocenters. The van der Waals surface area contributed by atoms with Gasteiger partial charge in [-0.2, -0.15) is 13.2 Å². The van der Waals surface area contributed by atoms with Crippen molar-refractivity contribution in [3.05, 3.63) is 92.8 Å². The summed E-state index contributed by atoms with van der Waals surface area (Å²) in [5.41, 5.74) is 0.482. The Morgan fingerprint density at radius 2 is 1.97 bits per heavy atom. The van der Waals surface area contributed by atoms with Crippen LogP contribution in [0.4, 0.5) is 18.9 Å². The van der Waals surface area contributed by atoms with Crippen LogP contribution < -0.4 is 10.1 Å². The number of nitro groups is 1. The van der Waals surface area contributed by atoms with E-state index >= 15 is 0 Å². The number of benzene rings is 2. The molecule has 8 nitrogen and oxygen atoms in total. The van der Waals surface area contributed by atoms with Gasteiger partial charge in [0.15, 0.2) is 11.5 Å². The predicted octanol–water partition coefficient (Wildman–Crippen LogP) is 5.19. The Morgan fingerprint density at radius 3 is 2.65 bits per heavy atom. The van der Waals surface area contributed by atoms with Gasteiger partial charge in [-0.3, -0.25) is 19.7 Å². The van der Waals surface area contributed by atoms with E-state index in [2.05, 4.69) is 11.9 Å². The molecule has 0 amide bonds. The molecule has 0 radical (unpaired) electrons. The Labute approximate surface area is 209 Å². The molecule has 37 heavy (non-hydrogen) atoms. The highest BCUT2D eigenvalue weighted by Gasteiger charge is 2.44. The molecular formula is C26H23F3N2O6. The molecule has 194 valence electrons. The number of methoxy groups -OCH3 is 1. The molecule has 0 aromatic heterocycles. The lowest BCUT2D eigenvalue weighted by Crippen LogP contribution is -2.40. The number of ketones is 1. The Morgan fingerprint density at radius 1 is 1.22 bits per heavy atom. The number of nitro benzene ring substituents is 1. The van der Waals surface area contributed by atoms with E-state index in [4.69, 9.17) is 9.47 Å². The van der Waals surface area contributed by atoms with Crippen LogP contribution in [0.1, 0.15) is 41.9 Å². The van der Waals surface area contributed by atoms with Gasteiger partial charge in [0.2, 0.25) is 0 Å². The van der Waals surface area contributed by atoms with Crippen molar-refractivity contribution in [2.75, 3.05) is 7.11 Å². The van der Waals surface area contributed by atoms with Crippen molar-refractivity contribution in [2.45, 2.75) is 38.0 Å². The molecule has 2 aromatic rings. The zero-order valence-corrected chi connectivity index (χ0v) is 19.8. The van der Waals surface area contributed by atoms with Crippen LogP contribution in [-0.4, -0.2) is 23.8 Å². The summed E-state index contributed by atoms with van der Waals surface area (Å²) in [5.74, 6) is -2.85. The third-order valence-electron chi connectivity index (χ3n) is 6.43. The third kappa shape index (κ3) is 5.20. The van der Waals surface area contributed by atoms with Crippen molar-refractivity contribution < 1.29 is 37.2 Å². The van der Waals surface area contributed by atoms with Gasteiger partial charge in [0.05, 0.1) is 17.6 Å². The van der Waals surface area contributed by atoms with Crippen molar-refractivity contribution in [3.8, 4) is 5.75 Å². The zero-order chi connectivity index (χ0) is 26.9. The van der Waals surface area contributed by atoms with Gasteiger partial charge in [0.25, 0.3) is 0 Å². The van der Waals surface area contributed by atoms with Gasteiger partial charge in [-0.1, -0.05) is 24.8 Å². The second-order valence-corrected chi connectivity index (χ2v) is 8.77. The molecular weight excluding hydrogens is 493 g/mol. The molecule has 1 heterocycles. The quantitative estimate of drug-likeness (QED) is 0.320. The fourth-order valence-corrected chi connectivity index (χ4v) is 4.75. The van der Waals surface area contributed by atoms with E-state index in [1.807, 2.05) is 0 Å². The highest BCUT2D eigenvalue weighted by molar-refractivity contribution is 6.00. The summed E-state index contributed by atoms with van der Waals surface area (Å²) >= 11 is 0. The minimum Gasteiger partial charge on any atom is -0.482 e. The maximum Gasteiger partial charge on any atom is 0.416 e. The fraction of sp³-hybridized carbons (Fsp3) is 0.308. The Balaban J connectivity index is 1.71. The lowest BCUT2D eigenvalue weighted by molar-refractivity contribution is -0.386. The molecule has 0 saturated carbocycles. The standard InChI is InChI=1S/C26H23F3N2O6/c1-14-22(25(33)36-2)23(24-18(30-14)7-4-8-20(24)32)16-9-10-21(19(12-16)31(34)35)37-13-15-5-3-6-17(11-15)26(27,28)29/h3,5-6,9-12,22-23,30H,1,4,7-8,13H2,2H3. The number of carbonyl (C=O) groups is 2. The number of halogens is 3. The monoisotopic (exact) mass is 516 g/mol. The maximum atomic E-state index is 13.0. The molecule has 2 unspecified atom stereocenters. The first kappa shape index (κ1) is 25.9. The average Bonchev–Trinajstić information content (AvgIpc) is 2.86. The van der Waals surface area contributed by atoms with Crippen LogP contribution in [0.3, 0.4) is 0 Å². The molecule has 11 heteroatoms. The van der Waals surface area contributed by atoms with Crippen LogP contribution >= 0.6 is 0 Å². The summed E-state index contributed by atoms with van der Waals surface area (Å²) in [6.07, 6.45) is -3.08. The highest BCUT2D eigenvalue weighted by atomic mass is 19.4. The van der Waals surface area contributed by atoms with E-state index in [9.17, 15) is 32.9 Å². The fourth-order valence-electron chi connectivity index (χ4n) is 4.75. The topological polar surface area (TPSA) is 108 Å². The summed E-state index contributed by atoms with van der Waals surface area (Å²) in [6.45, 7) is 3.58. The van der Waals surface area contributed by atoms with Crippen LogP contribution in [0.25, 0.3) is 0 Å². The largest absolute Gasteiger partial charge is 0.482 e. The van der Waals surface area contributed by atoms with E-state index in [1.165, 1.54) is 37.4 Å². The summed E-state index contributed by atoms with van der Waals surface area (Å²) in [4.78, 5) is 36.8. The van der Waals surface area contributed by atoms with Gasteiger partial charge in [-0.05, 0) is 42.2 Å². The zero-order valence-electron chi connectivity index (χ0n) is 19.8. The molecule has 1 N–H and O–H groups in total. The van der Waals surface area contributed by atoms with Crippen molar-refractivity contribution in [2.24, 2.45) is 5.92 Å². The number of Topliss-reactive ketones (excluding diaryl/α,β-unsaturated/α-hetero) is 1. The van der Waals surface area contributed by atoms with Crippen LogP contribution in [0.15, 0.2) is 66.0 Å². The lowest BCUT2D eigenvalue weighted by Gasteiger charge is -2.38. The summed E-state index contributed by atoms with van der Waals surface area (Å²) in [6, 6.07) is 8.49. The molecule has 0 saturated heterocycles. The Kier molecular flexibility index (Phi) is 7.06. The van der Waals surface area contributed by atoms with Crippen LogP contribution in [-0.2, 0) is 27.1 Å². The van der Waals surface area contributed by atoms with Crippen LogP contribution in [0.2, 0.25) is 0 Å². The number of hydrogen-bond acceptors (Lipinski definition) is 7. The smallest absolute Gasteiger partial charge is 0.416 e. The predicted molar refractivity (Wildman–Crippen MR) is 125 cm³/mol. The maximum absolute atomic E-state index is 13.0. The molecule has 0 spiro atoms. The van der Waals surface area contributed by atoms with E-state index in [-0.39, 0.29) is 30.1 Å². The Hall–Kier alpha value is -4.15. The van der Waals surface area contributed by atoms with Gasteiger partial charge in [-0.25, -0.2) is 0 Å². The summed E-state index contributed by atoms with van der Waals surface area (Å²) in [5, 5.41) is 15.0. The summed E-state index contributed by atoms with van der Waals surface area (Å²) < 4.78 is 49.5. The first-order valence-corrected chi connectivity index (χ1v) is 11.4. The van der Waals surface area contributed by atoms with E-state index < -0.39 is 40.2 Å². The van der Waals surface area contributed by atoms with Crippen molar-refractivity contribution in [1.29, 1.82) is 0 Å². The minimum absolute atomic E-state index is 0.169. The van der Waals surface area contributed by atoms with E-state index in [0.29, 0.717) is 35.4 Å². The van der Waals surface area contributed by atoms with Gasteiger partial charge in [0, 0.05) is 35.4 Å². The Bertz CT molecular complexity index is 1320. The third-order valence-corrected chi connectivity index (χ3v) is 6.43. The first-order valence-electron chi connectivity index (χ1n) is 11.4. The average molecular weight is 516 g/mol. The van der Waals surface area contributed by atoms with Crippen molar-refractivity contribution >= 4 is 17.4 Å². The van der Waals surface area contributed by atoms with E-state index in [0.717, 1.165) is 12.1 Å². The molecule has 4 rings (SSSR count). The number of carbonyl (C=O) groups excluding carboxylic acids is 2. The number of nitrogens with one attached hydrogen (secondary N) is 1. The van der Waals surface area contributed by atoms with Crippen LogP contribution in [0.5, 0.6) is 5.75 Å².